The Morgan fingerprint density at radius 2 is 1.80 bits per heavy atom. The highest BCUT2D eigenvalue weighted by Gasteiger charge is 2.38. The van der Waals surface area contributed by atoms with Crippen LogP contribution in [0.4, 0.5) is 0 Å². The predicted octanol–water partition coefficient (Wildman–Crippen LogP) is -3.08. The van der Waals surface area contributed by atoms with E-state index >= 15 is 0 Å². The fourth-order valence-electron chi connectivity index (χ4n) is 3.83. The van der Waals surface area contributed by atoms with Gasteiger partial charge in [0.1, 0.15) is 18.1 Å². The van der Waals surface area contributed by atoms with Gasteiger partial charge in [0.25, 0.3) is 0 Å². The summed E-state index contributed by atoms with van der Waals surface area (Å²) in [5.41, 5.74) is 21.9. The lowest BCUT2D eigenvalue weighted by Crippen LogP contribution is -2.59. The number of aliphatic carboxylic acids is 1. The van der Waals surface area contributed by atoms with Crippen molar-refractivity contribution in [2.45, 2.75) is 82.1 Å². The molecule has 1 aliphatic heterocycles. The molecule has 0 spiro atoms. The number of unbranched alkanes of at least 4 members (excludes halogenated alkanes) is 1. The first kappa shape index (κ1) is 30.1. The molecule has 0 aliphatic carbocycles. The van der Waals surface area contributed by atoms with E-state index in [4.69, 9.17) is 22.9 Å². The number of hydrogen-bond acceptors (Lipinski definition) is 8. The summed E-state index contributed by atoms with van der Waals surface area (Å²) in [6.07, 6.45) is 1.83. The van der Waals surface area contributed by atoms with Crippen LogP contribution in [0.1, 0.15) is 51.9 Å². The molecule has 0 bridgehead atoms. The SMILES string of the molecule is CC(O)C(NC(=O)C1CCCN1C(=O)C(N)CCCCN)C(=O)NC(CCCN=C(N)N)C(=O)O. The number of carboxylic acids is 1. The Morgan fingerprint density at radius 1 is 1.11 bits per heavy atom. The zero-order valence-corrected chi connectivity index (χ0v) is 20.2. The monoisotopic (exact) mass is 500 g/mol. The van der Waals surface area contributed by atoms with Gasteiger partial charge in [0.2, 0.25) is 17.7 Å². The second-order valence-corrected chi connectivity index (χ2v) is 8.66. The third-order valence-electron chi connectivity index (χ3n) is 5.75. The Balaban J connectivity index is 2.79. The lowest BCUT2D eigenvalue weighted by atomic mass is 10.1. The molecule has 5 unspecified atom stereocenters. The molecule has 1 saturated heterocycles. The Morgan fingerprint density at radius 3 is 2.37 bits per heavy atom. The maximum Gasteiger partial charge on any atom is 0.326 e. The number of guanidine groups is 1. The molecule has 35 heavy (non-hydrogen) atoms. The van der Waals surface area contributed by atoms with Gasteiger partial charge in [-0.1, -0.05) is 6.42 Å². The summed E-state index contributed by atoms with van der Waals surface area (Å²) >= 11 is 0. The zero-order chi connectivity index (χ0) is 26.5. The molecule has 14 heteroatoms. The number of aliphatic hydroxyl groups excluding tert-OH is 1. The molecule has 12 N–H and O–H groups in total. The lowest BCUT2D eigenvalue weighted by molar-refractivity contribution is -0.144. The van der Waals surface area contributed by atoms with E-state index in [0.29, 0.717) is 38.8 Å². The standard InChI is InChI=1S/C21H40N8O6/c1-12(30)16(18(32)27-14(20(34)35)7-4-10-26-21(24)25)28-17(31)15-8-5-11-29(15)19(33)13(23)6-2-3-9-22/h12-16,30H,2-11,22-23H2,1H3,(H,27,32)(H,28,31)(H,34,35)(H4,24,25,26). The zero-order valence-electron chi connectivity index (χ0n) is 20.2. The predicted molar refractivity (Wildman–Crippen MR) is 129 cm³/mol. The minimum Gasteiger partial charge on any atom is -0.480 e. The van der Waals surface area contributed by atoms with Crippen molar-refractivity contribution < 1.29 is 29.4 Å². The Hall–Kier alpha value is -2.97. The number of rotatable bonds is 15. The number of hydrogen-bond donors (Lipinski definition) is 8. The number of carbonyl (C=O) groups excluding carboxylic acids is 3. The highest BCUT2D eigenvalue weighted by molar-refractivity contribution is 5.94. The molecule has 1 aliphatic rings. The van der Waals surface area contributed by atoms with Gasteiger partial charge in [0, 0.05) is 13.1 Å². The fourth-order valence-corrected chi connectivity index (χ4v) is 3.83. The number of nitrogens with zero attached hydrogens (tertiary/aromatic N) is 2. The molecule has 0 aromatic carbocycles. The molecular weight excluding hydrogens is 460 g/mol. The molecule has 1 fully saturated rings. The van der Waals surface area contributed by atoms with Crippen LogP contribution < -0.4 is 33.6 Å². The molecule has 14 nitrogen and oxygen atoms in total. The molecule has 200 valence electrons. The first-order chi connectivity index (χ1) is 16.5. The van der Waals surface area contributed by atoms with Gasteiger partial charge in [-0.15, -0.1) is 0 Å². The van der Waals surface area contributed by atoms with E-state index in [1.807, 2.05) is 0 Å². The summed E-state index contributed by atoms with van der Waals surface area (Å²) in [5.74, 6) is -3.25. The Kier molecular flexibility index (Phi) is 13.0. The summed E-state index contributed by atoms with van der Waals surface area (Å²) in [4.78, 5) is 55.2. The maximum absolute atomic E-state index is 12.9. The van der Waals surface area contributed by atoms with Crippen LogP contribution in [-0.2, 0) is 19.2 Å². The number of carbonyl (C=O) groups is 4. The second-order valence-electron chi connectivity index (χ2n) is 8.66. The number of carboxylic acid groups (broad SMARTS) is 1. The van der Waals surface area contributed by atoms with Crippen LogP contribution in [0.15, 0.2) is 4.99 Å². The summed E-state index contributed by atoms with van der Waals surface area (Å²) in [7, 11) is 0. The highest BCUT2D eigenvalue weighted by Crippen LogP contribution is 2.19. The van der Waals surface area contributed by atoms with E-state index in [2.05, 4.69) is 15.6 Å². The van der Waals surface area contributed by atoms with Gasteiger partial charge in [-0.05, 0) is 52.0 Å². The normalized spacial score (nSPS) is 18.7. The summed E-state index contributed by atoms with van der Waals surface area (Å²) in [6, 6.07) is -4.29. The molecular formula is C21H40N8O6. The largest absolute Gasteiger partial charge is 0.480 e. The molecule has 3 amide bonds. The van der Waals surface area contributed by atoms with E-state index in [-0.39, 0.29) is 31.3 Å². The van der Waals surface area contributed by atoms with Gasteiger partial charge in [-0.25, -0.2) is 4.79 Å². The van der Waals surface area contributed by atoms with Crippen LogP contribution in [0.2, 0.25) is 0 Å². The lowest BCUT2D eigenvalue weighted by Gasteiger charge is -2.29. The Labute approximate surface area is 204 Å². The molecule has 1 heterocycles. The third kappa shape index (κ3) is 10.0. The first-order valence-corrected chi connectivity index (χ1v) is 11.8. The third-order valence-corrected chi connectivity index (χ3v) is 5.75. The topological polar surface area (TPSA) is 252 Å². The van der Waals surface area contributed by atoms with E-state index in [1.165, 1.54) is 11.8 Å². The Bertz CT molecular complexity index is 758. The van der Waals surface area contributed by atoms with Crippen molar-refractivity contribution in [3.05, 3.63) is 0 Å². The van der Waals surface area contributed by atoms with Gasteiger partial charge in [0.05, 0.1) is 12.1 Å². The number of aliphatic imine (C=N–C) groups is 1. The van der Waals surface area contributed by atoms with Gasteiger partial charge in [-0.2, -0.15) is 0 Å². The van der Waals surface area contributed by atoms with Crippen molar-refractivity contribution in [3.63, 3.8) is 0 Å². The summed E-state index contributed by atoms with van der Waals surface area (Å²) in [5, 5.41) is 24.3. The van der Waals surface area contributed by atoms with E-state index in [9.17, 15) is 29.4 Å². The number of aliphatic hydroxyl groups is 1. The number of nitrogens with one attached hydrogen (secondary N) is 2. The molecule has 0 saturated carbocycles. The van der Waals surface area contributed by atoms with Crippen molar-refractivity contribution in [2.24, 2.45) is 27.9 Å². The van der Waals surface area contributed by atoms with Gasteiger partial charge < -0.3 is 48.7 Å². The van der Waals surface area contributed by atoms with E-state index < -0.39 is 48.1 Å². The molecule has 5 atom stereocenters. The summed E-state index contributed by atoms with van der Waals surface area (Å²) < 4.78 is 0. The van der Waals surface area contributed by atoms with Crippen molar-refractivity contribution in [1.82, 2.24) is 15.5 Å². The van der Waals surface area contributed by atoms with Crippen LogP contribution in [0.25, 0.3) is 0 Å². The quantitative estimate of drug-likeness (QED) is 0.0639. The van der Waals surface area contributed by atoms with Gasteiger partial charge in [0.15, 0.2) is 5.96 Å². The average Bonchev–Trinajstić information content (AvgIpc) is 3.28. The first-order valence-electron chi connectivity index (χ1n) is 11.8. The highest BCUT2D eigenvalue weighted by atomic mass is 16.4. The molecule has 0 radical (unpaired) electrons. The number of likely N-dealkylation sites (tertiary alicyclic amines) is 1. The van der Waals surface area contributed by atoms with Gasteiger partial charge >= 0.3 is 5.97 Å². The fraction of sp³-hybridized carbons (Fsp3) is 0.762. The smallest absolute Gasteiger partial charge is 0.326 e. The second kappa shape index (κ2) is 15.1. The summed E-state index contributed by atoms with van der Waals surface area (Å²) in [6.45, 7) is 2.32. The minimum absolute atomic E-state index is 0.0330. The van der Waals surface area contributed by atoms with Crippen LogP contribution in [0, 0.1) is 0 Å². The van der Waals surface area contributed by atoms with Crippen LogP contribution in [0.3, 0.4) is 0 Å². The van der Waals surface area contributed by atoms with Crippen molar-refractivity contribution in [2.75, 3.05) is 19.6 Å². The van der Waals surface area contributed by atoms with Crippen LogP contribution in [0.5, 0.6) is 0 Å². The van der Waals surface area contributed by atoms with Gasteiger partial charge in [-0.3, -0.25) is 19.4 Å². The van der Waals surface area contributed by atoms with Crippen molar-refractivity contribution in [1.29, 1.82) is 0 Å². The molecule has 1 rings (SSSR count). The molecule has 0 aromatic heterocycles. The van der Waals surface area contributed by atoms with E-state index in [1.54, 1.807) is 0 Å². The van der Waals surface area contributed by atoms with Crippen LogP contribution >= 0.6 is 0 Å². The average molecular weight is 501 g/mol. The minimum atomic E-state index is -1.42. The van der Waals surface area contributed by atoms with E-state index in [0.717, 1.165) is 6.42 Å². The number of amides is 3. The molecule has 0 aromatic rings. The van der Waals surface area contributed by atoms with Crippen LogP contribution in [-0.4, -0.2) is 94.7 Å². The van der Waals surface area contributed by atoms with Crippen molar-refractivity contribution >= 4 is 29.7 Å². The van der Waals surface area contributed by atoms with Crippen molar-refractivity contribution in [3.8, 4) is 0 Å². The number of nitrogens with two attached hydrogens (primary N) is 4. The maximum atomic E-state index is 12.9.